The van der Waals surface area contributed by atoms with Crippen LogP contribution in [0.1, 0.15) is 31.9 Å². The lowest BCUT2D eigenvalue weighted by Gasteiger charge is -2.40. The van der Waals surface area contributed by atoms with E-state index in [1.54, 1.807) is 35.2 Å². The number of carbonyl (C=O) groups is 1. The van der Waals surface area contributed by atoms with Gasteiger partial charge in [-0.1, -0.05) is 52.3 Å². The first-order chi connectivity index (χ1) is 14.0. The standard InChI is InChI=1S/C22H24BrF3N2O2/c1-21(2,3)27-20(29)28-11-15(12-28)30-13-14-7-6-9-17(19(14)22(24,25)26)16-8-4-5-10-18(16)23/h4-10,15H,11-13H2,1-3H3,(H,27,29). The number of hydrogen-bond acceptors (Lipinski definition) is 2. The highest BCUT2D eigenvalue weighted by Gasteiger charge is 2.38. The lowest BCUT2D eigenvalue weighted by molar-refractivity contribution is -0.139. The number of urea groups is 1. The number of ether oxygens (including phenoxy) is 1. The third kappa shape index (κ3) is 5.35. The molecule has 2 aromatic rings. The van der Waals surface area contributed by atoms with Gasteiger partial charge in [0.05, 0.1) is 31.4 Å². The molecule has 0 spiro atoms. The van der Waals surface area contributed by atoms with Crippen molar-refractivity contribution in [1.29, 1.82) is 0 Å². The van der Waals surface area contributed by atoms with Crippen LogP contribution in [-0.2, 0) is 17.5 Å². The molecule has 4 nitrogen and oxygen atoms in total. The Morgan fingerprint density at radius 2 is 1.73 bits per heavy atom. The molecule has 1 fully saturated rings. The van der Waals surface area contributed by atoms with Gasteiger partial charge in [-0.2, -0.15) is 13.2 Å². The van der Waals surface area contributed by atoms with Gasteiger partial charge < -0.3 is 15.0 Å². The second kappa shape index (κ2) is 8.59. The summed E-state index contributed by atoms with van der Waals surface area (Å²) >= 11 is 3.34. The fourth-order valence-corrected chi connectivity index (χ4v) is 3.77. The van der Waals surface area contributed by atoms with Gasteiger partial charge in [0.1, 0.15) is 0 Å². The molecule has 1 aliphatic rings. The molecule has 0 bridgehead atoms. The second-order valence-corrected chi connectivity index (χ2v) is 9.19. The molecule has 1 saturated heterocycles. The molecular weight excluding hydrogens is 461 g/mol. The van der Waals surface area contributed by atoms with E-state index in [-0.39, 0.29) is 35.4 Å². The number of alkyl halides is 3. The number of halogens is 4. The highest BCUT2D eigenvalue weighted by atomic mass is 79.9. The number of carbonyl (C=O) groups excluding carboxylic acids is 1. The Balaban J connectivity index is 1.73. The molecule has 0 radical (unpaired) electrons. The topological polar surface area (TPSA) is 41.6 Å². The maximum Gasteiger partial charge on any atom is 0.417 e. The molecule has 30 heavy (non-hydrogen) atoms. The van der Waals surface area contributed by atoms with Crippen LogP contribution in [0.4, 0.5) is 18.0 Å². The summed E-state index contributed by atoms with van der Waals surface area (Å²) in [6.45, 7) is 6.19. The van der Waals surface area contributed by atoms with Crippen molar-refractivity contribution < 1.29 is 22.7 Å². The lowest BCUT2D eigenvalue weighted by atomic mass is 9.95. The summed E-state index contributed by atoms with van der Waals surface area (Å²) in [6.07, 6.45) is -4.81. The summed E-state index contributed by atoms with van der Waals surface area (Å²) < 4.78 is 48.1. The highest BCUT2D eigenvalue weighted by molar-refractivity contribution is 9.10. The van der Waals surface area contributed by atoms with Crippen LogP contribution in [0.15, 0.2) is 46.9 Å². The van der Waals surface area contributed by atoms with Crippen LogP contribution in [0.5, 0.6) is 0 Å². The summed E-state index contributed by atoms with van der Waals surface area (Å²) in [7, 11) is 0. The third-order valence-electron chi connectivity index (χ3n) is 4.69. The van der Waals surface area contributed by atoms with Crippen molar-refractivity contribution in [3.05, 3.63) is 58.1 Å². The number of nitrogens with one attached hydrogen (secondary N) is 1. The summed E-state index contributed by atoms with van der Waals surface area (Å²) in [6, 6.07) is 11.1. The Labute approximate surface area is 182 Å². The normalized spacial score (nSPS) is 15.1. The molecule has 3 rings (SSSR count). The molecule has 0 aromatic heterocycles. The van der Waals surface area contributed by atoms with Crippen molar-refractivity contribution >= 4 is 22.0 Å². The predicted molar refractivity (Wildman–Crippen MR) is 113 cm³/mol. The summed E-state index contributed by atoms with van der Waals surface area (Å²) in [5.41, 5.74) is -0.389. The third-order valence-corrected chi connectivity index (χ3v) is 5.38. The minimum absolute atomic E-state index is 0.0772. The second-order valence-electron chi connectivity index (χ2n) is 8.34. The van der Waals surface area contributed by atoms with Crippen LogP contribution >= 0.6 is 15.9 Å². The van der Waals surface area contributed by atoms with Gasteiger partial charge in [0.2, 0.25) is 0 Å². The Kier molecular flexibility index (Phi) is 6.48. The quantitative estimate of drug-likeness (QED) is 0.591. The molecule has 162 valence electrons. The summed E-state index contributed by atoms with van der Waals surface area (Å²) in [5, 5.41) is 2.85. The lowest BCUT2D eigenvalue weighted by Crippen LogP contribution is -2.60. The van der Waals surface area contributed by atoms with Crippen LogP contribution in [-0.4, -0.2) is 35.7 Å². The maximum atomic E-state index is 13.9. The fourth-order valence-electron chi connectivity index (χ4n) is 3.28. The van der Waals surface area contributed by atoms with Crippen molar-refractivity contribution in [1.82, 2.24) is 10.2 Å². The van der Waals surface area contributed by atoms with E-state index in [4.69, 9.17) is 4.74 Å². The summed E-state index contributed by atoms with van der Waals surface area (Å²) in [4.78, 5) is 13.7. The van der Waals surface area contributed by atoms with Gasteiger partial charge in [-0.3, -0.25) is 0 Å². The maximum absolute atomic E-state index is 13.9. The van der Waals surface area contributed by atoms with Crippen molar-refractivity contribution in [2.45, 2.75) is 45.2 Å². The monoisotopic (exact) mass is 484 g/mol. The van der Waals surface area contributed by atoms with Crippen molar-refractivity contribution in [3.8, 4) is 11.1 Å². The first-order valence-electron chi connectivity index (χ1n) is 9.58. The van der Waals surface area contributed by atoms with E-state index >= 15 is 0 Å². The molecular formula is C22H24BrF3N2O2. The first kappa shape index (κ1) is 22.6. The zero-order chi connectivity index (χ0) is 22.1. The largest absolute Gasteiger partial charge is 0.417 e. The molecule has 1 aliphatic heterocycles. The van der Waals surface area contributed by atoms with E-state index in [1.807, 2.05) is 20.8 Å². The average molecular weight is 485 g/mol. The van der Waals surface area contributed by atoms with E-state index in [2.05, 4.69) is 21.2 Å². The van der Waals surface area contributed by atoms with Gasteiger partial charge in [-0.05, 0) is 43.5 Å². The highest BCUT2D eigenvalue weighted by Crippen LogP contribution is 2.41. The Morgan fingerprint density at radius 3 is 2.33 bits per heavy atom. The number of hydrogen-bond donors (Lipinski definition) is 1. The first-order valence-corrected chi connectivity index (χ1v) is 10.4. The molecule has 8 heteroatoms. The molecule has 0 saturated carbocycles. The van der Waals surface area contributed by atoms with E-state index in [9.17, 15) is 18.0 Å². The van der Waals surface area contributed by atoms with Crippen LogP contribution in [0.25, 0.3) is 11.1 Å². The molecule has 0 aliphatic carbocycles. The molecule has 0 atom stereocenters. The van der Waals surface area contributed by atoms with Crippen molar-refractivity contribution in [2.24, 2.45) is 0 Å². The van der Waals surface area contributed by atoms with E-state index < -0.39 is 11.7 Å². The van der Waals surface area contributed by atoms with E-state index in [0.29, 0.717) is 23.1 Å². The van der Waals surface area contributed by atoms with Gasteiger partial charge in [-0.15, -0.1) is 0 Å². The molecule has 0 unspecified atom stereocenters. The minimum Gasteiger partial charge on any atom is -0.370 e. The number of likely N-dealkylation sites (tertiary alicyclic amines) is 1. The predicted octanol–water partition coefficient (Wildman–Crippen LogP) is 5.84. The van der Waals surface area contributed by atoms with Gasteiger partial charge in [0, 0.05) is 10.0 Å². The zero-order valence-corrected chi connectivity index (χ0v) is 18.6. The number of nitrogens with zero attached hydrogens (tertiary/aromatic N) is 1. The Hall–Kier alpha value is -2.06. The summed E-state index contributed by atoms with van der Waals surface area (Å²) in [5.74, 6) is 0. The van der Waals surface area contributed by atoms with Crippen LogP contribution in [0, 0.1) is 0 Å². The smallest absolute Gasteiger partial charge is 0.370 e. The van der Waals surface area contributed by atoms with Gasteiger partial charge in [0.25, 0.3) is 0 Å². The Bertz CT molecular complexity index is 919. The molecule has 1 heterocycles. The number of rotatable bonds is 4. The van der Waals surface area contributed by atoms with Gasteiger partial charge in [0.15, 0.2) is 0 Å². The number of amides is 2. The van der Waals surface area contributed by atoms with Crippen LogP contribution in [0.3, 0.4) is 0 Å². The van der Waals surface area contributed by atoms with E-state index in [0.717, 1.165) is 0 Å². The fraction of sp³-hybridized carbons (Fsp3) is 0.409. The molecule has 2 aromatic carbocycles. The van der Waals surface area contributed by atoms with E-state index in [1.165, 1.54) is 12.1 Å². The van der Waals surface area contributed by atoms with Crippen molar-refractivity contribution in [3.63, 3.8) is 0 Å². The molecule has 2 amide bonds. The Morgan fingerprint density at radius 1 is 1.10 bits per heavy atom. The average Bonchev–Trinajstić information content (AvgIpc) is 2.58. The molecule has 1 N–H and O–H groups in total. The van der Waals surface area contributed by atoms with Crippen LogP contribution in [0.2, 0.25) is 0 Å². The van der Waals surface area contributed by atoms with Crippen molar-refractivity contribution in [2.75, 3.05) is 13.1 Å². The van der Waals surface area contributed by atoms with Crippen LogP contribution < -0.4 is 5.32 Å². The SMILES string of the molecule is CC(C)(C)NC(=O)N1CC(OCc2cccc(-c3ccccc3Br)c2C(F)(F)F)C1. The van der Waals surface area contributed by atoms with Gasteiger partial charge >= 0.3 is 12.2 Å². The number of benzene rings is 2. The zero-order valence-electron chi connectivity index (χ0n) is 17.0. The van der Waals surface area contributed by atoms with Gasteiger partial charge in [-0.25, -0.2) is 4.79 Å². The minimum atomic E-state index is -4.52.